The number of rotatable bonds is 8. The second-order valence-electron chi connectivity index (χ2n) is 6.24. The molecule has 0 fully saturated rings. The Labute approximate surface area is 154 Å². The van der Waals surface area contributed by atoms with E-state index in [0.717, 1.165) is 16.9 Å². The van der Waals surface area contributed by atoms with Crippen LogP contribution < -0.4 is 10.1 Å². The van der Waals surface area contributed by atoms with E-state index in [2.05, 4.69) is 19.2 Å². The van der Waals surface area contributed by atoms with E-state index in [4.69, 9.17) is 21.1 Å². The van der Waals surface area contributed by atoms with Crippen molar-refractivity contribution in [3.05, 3.63) is 64.2 Å². The minimum Gasteiger partial charge on any atom is -0.496 e. The highest BCUT2D eigenvalue weighted by molar-refractivity contribution is 6.30. The molecule has 0 spiro atoms. The first-order valence-electron chi connectivity index (χ1n) is 8.27. The van der Waals surface area contributed by atoms with Gasteiger partial charge in [-0.15, -0.1) is 0 Å². The van der Waals surface area contributed by atoms with Crippen molar-refractivity contribution in [1.29, 1.82) is 0 Å². The molecule has 25 heavy (non-hydrogen) atoms. The number of nitrogens with one attached hydrogen (secondary N) is 1. The van der Waals surface area contributed by atoms with E-state index in [1.54, 1.807) is 31.4 Å². The van der Waals surface area contributed by atoms with Crippen LogP contribution in [0.1, 0.15) is 35.3 Å². The number of methoxy groups -OCH3 is 1. The number of amides is 1. The summed E-state index contributed by atoms with van der Waals surface area (Å²) < 4.78 is 11.0. The number of carbonyl (C=O) groups excluding carboxylic acids is 1. The number of benzene rings is 2. The van der Waals surface area contributed by atoms with E-state index in [-0.39, 0.29) is 5.91 Å². The molecule has 2 aromatic carbocycles. The maximum Gasteiger partial charge on any atom is 0.251 e. The van der Waals surface area contributed by atoms with E-state index in [9.17, 15) is 4.79 Å². The van der Waals surface area contributed by atoms with Crippen molar-refractivity contribution < 1.29 is 14.3 Å². The van der Waals surface area contributed by atoms with Gasteiger partial charge in [-0.2, -0.15) is 0 Å². The number of carbonyl (C=O) groups is 1. The van der Waals surface area contributed by atoms with Crippen molar-refractivity contribution in [2.75, 3.05) is 13.7 Å². The van der Waals surface area contributed by atoms with Crippen LogP contribution in [0, 0.1) is 5.92 Å². The lowest BCUT2D eigenvalue weighted by Gasteiger charge is -2.12. The summed E-state index contributed by atoms with van der Waals surface area (Å²) in [4.78, 5) is 12.4. The van der Waals surface area contributed by atoms with Gasteiger partial charge in [0.25, 0.3) is 5.91 Å². The summed E-state index contributed by atoms with van der Waals surface area (Å²) >= 11 is 5.87. The molecule has 0 saturated heterocycles. The van der Waals surface area contributed by atoms with Crippen molar-refractivity contribution in [2.24, 2.45) is 5.92 Å². The molecule has 4 nitrogen and oxygen atoms in total. The molecule has 1 N–H and O–H groups in total. The normalized spacial score (nSPS) is 10.8. The molecule has 0 aliphatic carbocycles. The van der Waals surface area contributed by atoms with Crippen LogP contribution >= 0.6 is 11.6 Å². The highest BCUT2D eigenvalue weighted by Gasteiger charge is 2.11. The summed E-state index contributed by atoms with van der Waals surface area (Å²) in [5.41, 5.74) is 2.44. The van der Waals surface area contributed by atoms with Crippen molar-refractivity contribution in [1.82, 2.24) is 5.32 Å². The number of hydrogen-bond donors (Lipinski definition) is 1. The summed E-state index contributed by atoms with van der Waals surface area (Å²) in [7, 11) is 1.61. The molecule has 0 saturated carbocycles. The van der Waals surface area contributed by atoms with Crippen molar-refractivity contribution in [3.8, 4) is 5.75 Å². The fourth-order valence-electron chi connectivity index (χ4n) is 2.32. The predicted octanol–water partition coefficient (Wildman–Crippen LogP) is 4.45. The molecule has 2 aromatic rings. The average Bonchev–Trinajstić information content (AvgIpc) is 2.60. The van der Waals surface area contributed by atoms with Crippen LogP contribution in [0.2, 0.25) is 5.02 Å². The first-order chi connectivity index (χ1) is 12.0. The molecule has 0 radical (unpaired) electrons. The van der Waals surface area contributed by atoms with E-state index < -0.39 is 0 Å². The highest BCUT2D eigenvalue weighted by atomic mass is 35.5. The van der Waals surface area contributed by atoms with Crippen LogP contribution in [0.5, 0.6) is 5.75 Å². The minimum atomic E-state index is -0.136. The Morgan fingerprint density at radius 1 is 1.16 bits per heavy atom. The fourth-order valence-corrected chi connectivity index (χ4v) is 2.45. The highest BCUT2D eigenvalue weighted by Crippen LogP contribution is 2.21. The molecule has 0 heterocycles. The molecule has 0 unspecified atom stereocenters. The van der Waals surface area contributed by atoms with Gasteiger partial charge < -0.3 is 14.8 Å². The lowest BCUT2D eigenvalue weighted by molar-refractivity contribution is 0.0937. The Hall–Kier alpha value is -2.04. The van der Waals surface area contributed by atoms with Crippen LogP contribution in [0.15, 0.2) is 42.5 Å². The second kappa shape index (κ2) is 9.44. The molecular weight excluding hydrogens is 338 g/mol. The van der Waals surface area contributed by atoms with Crippen LogP contribution in [-0.4, -0.2) is 19.6 Å². The van der Waals surface area contributed by atoms with Gasteiger partial charge in [0.2, 0.25) is 0 Å². The monoisotopic (exact) mass is 361 g/mol. The van der Waals surface area contributed by atoms with Gasteiger partial charge in [0.05, 0.1) is 13.7 Å². The topological polar surface area (TPSA) is 47.6 Å². The Morgan fingerprint density at radius 3 is 2.52 bits per heavy atom. The third-order valence-corrected chi connectivity index (χ3v) is 3.87. The van der Waals surface area contributed by atoms with Crippen molar-refractivity contribution >= 4 is 17.5 Å². The third-order valence-electron chi connectivity index (χ3n) is 3.62. The maximum absolute atomic E-state index is 12.4. The van der Waals surface area contributed by atoms with Gasteiger partial charge in [-0.3, -0.25) is 4.79 Å². The van der Waals surface area contributed by atoms with Gasteiger partial charge in [-0.25, -0.2) is 0 Å². The minimum absolute atomic E-state index is 0.136. The Morgan fingerprint density at radius 2 is 1.88 bits per heavy atom. The van der Waals surface area contributed by atoms with Gasteiger partial charge in [-0.1, -0.05) is 37.6 Å². The Balaban J connectivity index is 2.01. The third kappa shape index (κ3) is 6.07. The molecule has 0 aliphatic rings. The Bertz CT molecular complexity index is 699. The average molecular weight is 362 g/mol. The van der Waals surface area contributed by atoms with Gasteiger partial charge in [0.1, 0.15) is 5.75 Å². The molecule has 0 atom stereocenters. The molecule has 134 valence electrons. The van der Waals surface area contributed by atoms with Crippen molar-refractivity contribution in [3.63, 3.8) is 0 Å². The van der Waals surface area contributed by atoms with E-state index in [1.165, 1.54) is 0 Å². The number of hydrogen-bond acceptors (Lipinski definition) is 3. The summed E-state index contributed by atoms with van der Waals surface area (Å²) in [6.45, 7) is 5.72. The zero-order chi connectivity index (χ0) is 18.2. The number of halogens is 1. The zero-order valence-corrected chi connectivity index (χ0v) is 15.6. The summed E-state index contributed by atoms with van der Waals surface area (Å²) in [6.07, 6.45) is 0. The standard InChI is InChI=1S/C20H24ClNO3/c1-14(2)12-25-13-17-10-16(6-9-19(17)24-3)20(23)22-11-15-4-7-18(21)8-5-15/h4-10,14H,11-13H2,1-3H3,(H,22,23). The summed E-state index contributed by atoms with van der Waals surface area (Å²) in [6, 6.07) is 12.8. The number of ether oxygens (including phenoxy) is 2. The second-order valence-corrected chi connectivity index (χ2v) is 6.68. The zero-order valence-electron chi connectivity index (χ0n) is 14.8. The molecule has 0 aromatic heterocycles. The largest absolute Gasteiger partial charge is 0.496 e. The Kier molecular flexibility index (Phi) is 7.29. The molecule has 0 aliphatic heterocycles. The molecule has 5 heteroatoms. The first-order valence-corrected chi connectivity index (χ1v) is 8.64. The summed E-state index contributed by atoms with van der Waals surface area (Å²) in [5.74, 6) is 1.04. The molecule has 2 rings (SSSR count). The smallest absolute Gasteiger partial charge is 0.251 e. The van der Waals surface area contributed by atoms with Crippen molar-refractivity contribution in [2.45, 2.75) is 27.0 Å². The SMILES string of the molecule is COc1ccc(C(=O)NCc2ccc(Cl)cc2)cc1COCC(C)C. The van der Waals surface area contributed by atoms with Crippen LogP contribution in [0.25, 0.3) is 0 Å². The molecular formula is C20H24ClNO3. The van der Waals surface area contributed by atoms with Gasteiger partial charge in [0.15, 0.2) is 0 Å². The molecule has 0 bridgehead atoms. The van der Waals surface area contributed by atoms with Crippen LogP contribution in [-0.2, 0) is 17.9 Å². The van der Waals surface area contributed by atoms with Gasteiger partial charge in [0, 0.05) is 29.3 Å². The lowest BCUT2D eigenvalue weighted by Crippen LogP contribution is -2.23. The van der Waals surface area contributed by atoms with Gasteiger partial charge in [-0.05, 0) is 41.8 Å². The lowest BCUT2D eigenvalue weighted by atomic mass is 10.1. The maximum atomic E-state index is 12.4. The molecule has 1 amide bonds. The predicted molar refractivity (Wildman–Crippen MR) is 100 cm³/mol. The van der Waals surface area contributed by atoms with E-state index >= 15 is 0 Å². The summed E-state index contributed by atoms with van der Waals surface area (Å²) in [5, 5.41) is 3.59. The van der Waals surface area contributed by atoms with Crippen LogP contribution in [0.4, 0.5) is 0 Å². The van der Waals surface area contributed by atoms with E-state index in [0.29, 0.717) is 36.3 Å². The fraction of sp³-hybridized carbons (Fsp3) is 0.350. The van der Waals surface area contributed by atoms with Crippen LogP contribution in [0.3, 0.4) is 0 Å². The quantitative estimate of drug-likeness (QED) is 0.755. The first kappa shape index (κ1) is 19.3. The van der Waals surface area contributed by atoms with Gasteiger partial charge >= 0.3 is 0 Å². The van der Waals surface area contributed by atoms with E-state index in [1.807, 2.05) is 18.2 Å².